The number of hydrogen-bond donors (Lipinski definition) is 2. The van der Waals surface area contributed by atoms with Gasteiger partial charge in [-0.15, -0.1) is 24.0 Å². The number of aliphatic imine (C=N–C) groups is 1. The second-order valence-corrected chi connectivity index (χ2v) is 4.81. The molecule has 0 fully saturated rings. The van der Waals surface area contributed by atoms with E-state index in [1.54, 1.807) is 6.26 Å². The average molecular weight is 339 g/mol. The number of nitrogens with zero attached hydrogens (tertiary/aromatic N) is 1. The number of nitrogens with two attached hydrogens (primary N) is 1. The lowest BCUT2D eigenvalue weighted by molar-refractivity contribution is 0.131. The predicted octanol–water partition coefficient (Wildman–Crippen LogP) is 2.00. The Morgan fingerprint density at radius 2 is 2.25 bits per heavy atom. The third kappa shape index (κ3) is 6.92. The Morgan fingerprint density at radius 3 is 2.75 bits per heavy atom. The molecule has 0 aliphatic carbocycles. The molecule has 1 heterocycles. The number of halogens is 1. The summed E-state index contributed by atoms with van der Waals surface area (Å²) in [5.74, 6) is 0.487. The van der Waals surface area contributed by atoms with E-state index in [-0.39, 0.29) is 35.6 Å². The molecule has 1 aliphatic rings. The molecule has 1 unspecified atom stereocenters. The maximum Gasteiger partial charge on any atom is 0.189 e. The largest absolute Gasteiger partial charge is 0.496 e. The normalized spacial score (nSPS) is 20.9. The van der Waals surface area contributed by atoms with E-state index >= 15 is 0 Å². The molecule has 0 aromatic carbocycles. The smallest absolute Gasteiger partial charge is 0.189 e. The highest BCUT2D eigenvalue weighted by atomic mass is 127. The summed E-state index contributed by atoms with van der Waals surface area (Å²) in [4.78, 5) is 4.26. The summed E-state index contributed by atoms with van der Waals surface area (Å²) in [6.45, 7) is 6.78. The van der Waals surface area contributed by atoms with Gasteiger partial charge in [0.2, 0.25) is 0 Å². The van der Waals surface area contributed by atoms with Crippen LogP contribution < -0.4 is 11.1 Å². The van der Waals surface area contributed by atoms with E-state index in [1.165, 1.54) is 0 Å². The van der Waals surface area contributed by atoms with Gasteiger partial charge in [-0.25, -0.2) is 4.99 Å². The van der Waals surface area contributed by atoms with Crippen LogP contribution in [0, 0.1) is 0 Å². The Hall–Kier alpha value is -0.460. The fourth-order valence-electron chi connectivity index (χ4n) is 1.34. The summed E-state index contributed by atoms with van der Waals surface area (Å²) < 4.78 is 5.39. The minimum atomic E-state index is -0.0408. The van der Waals surface area contributed by atoms with Crippen LogP contribution in [0.3, 0.4) is 0 Å². The molecule has 1 aliphatic heterocycles. The number of allylic oxidation sites excluding steroid dienone is 1. The molecule has 0 saturated heterocycles. The Kier molecular flexibility index (Phi) is 6.78. The van der Waals surface area contributed by atoms with Crippen molar-refractivity contribution in [3.05, 3.63) is 12.3 Å². The van der Waals surface area contributed by atoms with E-state index in [0.717, 1.165) is 12.8 Å². The quantitative estimate of drug-likeness (QED) is 0.460. The van der Waals surface area contributed by atoms with Crippen molar-refractivity contribution < 1.29 is 4.74 Å². The van der Waals surface area contributed by atoms with Crippen molar-refractivity contribution in [2.75, 3.05) is 6.54 Å². The zero-order valence-electron chi connectivity index (χ0n) is 10.2. The Balaban J connectivity index is 0.00000225. The first-order valence-electron chi connectivity index (χ1n) is 5.36. The van der Waals surface area contributed by atoms with Crippen molar-refractivity contribution in [3.63, 3.8) is 0 Å². The van der Waals surface area contributed by atoms with Crippen LogP contribution in [-0.4, -0.2) is 24.1 Å². The topological polar surface area (TPSA) is 59.6 Å². The van der Waals surface area contributed by atoms with Gasteiger partial charge in [-0.2, -0.15) is 0 Å². The number of nitrogens with one attached hydrogen (secondary N) is 1. The summed E-state index contributed by atoms with van der Waals surface area (Å²) in [7, 11) is 0. The number of hydrogen-bond acceptors (Lipinski definition) is 2. The van der Waals surface area contributed by atoms with Gasteiger partial charge in [0, 0.05) is 5.54 Å². The van der Waals surface area contributed by atoms with E-state index in [0.29, 0.717) is 12.5 Å². The van der Waals surface area contributed by atoms with Crippen LogP contribution in [0.25, 0.3) is 0 Å². The minimum absolute atomic E-state index is 0. The SMILES string of the molecule is CC(C)(C)NC(N)=NCC1CCC=CO1.I. The second kappa shape index (κ2) is 6.98. The fraction of sp³-hybridized carbons (Fsp3) is 0.727. The highest BCUT2D eigenvalue weighted by molar-refractivity contribution is 14.0. The molecule has 16 heavy (non-hydrogen) atoms. The zero-order valence-corrected chi connectivity index (χ0v) is 12.5. The van der Waals surface area contributed by atoms with Gasteiger partial charge >= 0.3 is 0 Å². The summed E-state index contributed by atoms with van der Waals surface area (Å²) in [6, 6.07) is 0. The third-order valence-corrected chi connectivity index (χ3v) is 1.99. The highest BCUT2D eigenvalue weighted by Crippen LogP contribution is 2.10. The van der Waals surface area contributed by atoms with Gasteiger partial charge in [-0.05, 0) is 39.7 Å². The molecule has 1 rings (SSSR count). The maximum atomic E-state index is 5.74. The number of rotatable bonds is 2. The standard InChI is InChI=1S/C11H21N3O.HI/c1-11(2,3)14-10(12)13-8-9-6-4-5-7-15-9;/h5,7,9H,4,6,8H2,1-3H3,(H3,12,13,14);1H. The average Bonchev–Trinajstić information content (AvgIpc) is 2.14. The molecule has 0 saturated carbocycles. The van der Waals surface area contributed by atoms with Crippen molar-refractivity contribution in [2.24, 2.45) is 10.7 Å². The van der Waals surface area contributed by atoms with E-state index in [4.69, 9.17) is 10.5 Å². The molecule has 0 amide bonds. The first kappa shape index (κ1) is 15.5. The van der Waals surface area contributed by atoms with Crippen molar-refractivity contribution >= 4 is 29.9 Å². The first-order valence-corrected chi connectivity index (χ1v) is 5.36. The minimum Gasteiger partial charge on any atom is -0.496 e. The molecule has 94 valence electrons. The van der Waals surface area contributed by atoms with Gasteiger partial charge in [0.15, 0.2) is 5.96 Å². The van der Waals surface area contributed by atoms with Crippen molar-refractivity contribution in [2.45, 2.75) is 45.3 Å². The van der Waals surface area contributed by atoms with Gasteiger partial charge in [0.1, 0.15) is 6.10 Å². The van der Waals surface area contributed by atoms with Crippen LogP contribution in [-0.2, 0) is 4.74 Å². The summed E-state index contributed by atoms with van der Waals surface area (Å²) >= 11 is 0. The van der Waals surface area contributed by atoms with E-state index in [1.807, 2.05) is 6.08 Å². The monoisotopic (exact) mass is 339 g/mol. The lowest BCUT2D eigenvalue weighted by atomic mass is 10.1. The Labute approximate surface area is 115 Å². The summed E-state index contributed by atoms with van der Waals surface area (Å²) in [5.41, 5.74) is 5.70. The molecular formula is C11H22IN3O. The molecule has 1 atom stereocenters. The predicted molar refractivity (Wildman–Crippen MR) is 78.0 cm³/mol. The Morgan fingerprint density at radius 1 is 1.56 bits per heavy atom. The number of guanidine groups is 1. The lowest BCUT2D eigenvalue weighted by Crippen LogP contribution is -2.45. The molecule has 5 heteroatoms. The summed E-state index contributed by atoms with van der Waals surface area (Å²) in [5, 5.41) is 3.11. The summed E-state index contributed by atoms with van der Waals surface area (Å²) in [6.07, 6.45) is 6.03. The van der Waals surface area contributed by atoms with Crippen LogP contribution in [0.1, 0.15) is 33.6 Å². The van der Waals surface area contributed by atoms with Gasteiger partial charge in [0.05, 0.1) is 12.8 Å². The van der Waals surface area contributed by atoms with Crippen LogP contribution in [0.5, 0.6) is 0 Å². The van der Waals surface area contributed by atoms with E-state index in [9.17, 15) is 0 Å². The molecule has 3 N–H and O–H groups in total. The van der Waals surface area contributed by atoms with Gasteiger partial charge in [0.25, 0.3) is 0 Å². The van der Waals surface area contributed by atoms with Crippen molar-refractivity contribution in [1.29, 1.82) is 0 Å². The molecule has 0 radical (unpaired) electrons. The molecule has 0 spiro atoms. The van der Waals surface area contributed by atoms with Gasteiger partial charge in [-0.1, -0.05) is 0 Å². The van der Waals surface area contributed by atoms with Crippen LogP contribution >= 0.6 is 24.0 Å². The third-order valence-electron chi connectivity index (χ3n) is 1.99. The lowest BCUT2D eigenvalue weighted by Gasteiger charge is -2.22. The van der Waals surface area contributed by atoms with Crippen molar-refractivity contribution in [3.8, 4) is 0 Å². The zero-order chi connectivity index (χ0) is 11.3. The Bertz CT molecular complexity index is 258. The molecule has 0 aromatic rings. The molecule has 0 aromatic heterocycles. The van der Waals surface area contributed by atoms with Crippen LogP contribution in [0.4, 0.5) is 0 Å². The van der Waals surface area contributed by atoms with Gasteiger partial charge < -0.3 is 15.8 Å². The van der Waals surface area contributed by atoms with E-state index < -0.39 is 0 Å². The van der Waals surface area contributed by atoms with Crippen LogP contribution in [0.15, 0.2) is 17.3 Å². The molecule has 4 nitrogen and oxygen atoms in total. The van der Waals surface area contributed by atoms with Crippen LogP contribution in [0.2, 0.25) is 0 Å². The van der Waals surface area contributed by atoms with E-state index in [2.05, 4.69) is 31.1 Å². The second-order valence-electron chi connectivity index (χ2n) is 4.81. The molecule has 0 bridgehead atoms. The molecular weight excluding hydrogens is 317 g/mol. The fourth-order valence-corrected chi connectivity index (χ4v) is 1.34. The maximum absolute atomic E-state index is 5.74. The number of ether oxygens (including phenoxy) is 1. The van der Waals surface area contributed by atoms with Crippen molar-refractivity contribution in [1.82, 2.24) is 5.32 Å². The first-order chi connectivity index (χ1) is 6.97. The highest BCUT2D eigenvalue weighted by Gasteiger charge is 2.12. The van der Waals surface area contributed by atoms with Gasteiger partial charge in [-0.3, -0.25) is 0 Å².